The lowest BCUT2D eigenvalue weighted by atomic mass is 10.2. The Morgan fingerprint density at radius 3 is 2.60 bits per heavy atom. The van der Waals surface area contributed by atoms with E-state index in [9.17, 15) is 0 Å². The Bertz CT molecular complexity index is 449. The minimum atomic E-state index is 0.258. The van der Waals surface area contributed by atoms with E-state index in [4.69, 9.17) is 5.11 Å². The van der Waals surface area contributed by atoms with Crippen molar-refractivity contribution < 1.29 is 5.11 Å². The first kappa shape index (κ1) is 9.40. The molecule has 2 aromatic rings. The molecule has 0 radical (unpaired) electrons. The fraction of sp³-hybridized carbons (Fsp3) is 0. The van der Waals surface area contributed by atoms with Crippen LogP contribution in [0.3, 0.4) is 0 Å². The van der Waals surface area contributed by atoms with E-state index in [0.717, 1.165) is 11.3 Å². The van der Waals surface area contributed by atoms with Gasteiger partial charge in [0, 0.05) is 12.4 Å². The van der Waals surface area contributed by atoms with Gasteiger partial charge in [-0.3, -0.25) is 9.98 Å². The third-order valence-corrected chi connectivity index (χ3v) is 1.90. The van der Waals surface area contributed by atoms with Crippen molar-refractivity contribution in [2.45, 2.75) is 0 Å². The first-order valence-electron chi connectivity index (χ1n) is 4.58. The monoisotopic (exact) mass is 198 g/mol. The summed E-state index contributed by atoms with van der Waals surface area (Å²) < 4.78 is 0. The highest BCUT2D eigenvalue weighted by Gasteiger charge is 1.89. The van der Waals surface area contributed by atoms with Crippen LogP contribution < -0.4 is 0 Å². The number of phenols is 1. The van der Waals surface area contributed by atoms with E-state index in [1.807, 2.05) is 12.1 Å². The van der Waals surface area contributed by atoms with Crippen LogP contribution >= 0.6 is 0 Å². The molecule has 15 heavy (non-hydrogen) atoms. The Morgan fingerprint density at radius 1 is 1.13 bits per heavy atom. The van der Waals surface area contributed by atoms with Gasteiger partial charge in [-0.15, -0.1) is 0 Å². The second-order valence-electron chi connectivity index (χ2n) is 3.06. The molecule has 0 aliphatic heterocycles. The largest absolute Gasteiger partial charge is 0.508 e. The second-order valence-corrected chi connectivity index (χ2v) is 3.06. The Kier molecular flexibility index (Phi) is 2.74. The smallest absolute Gasteiger partial charge is 0.115 e. The van der Waals surface area contributed by atoms with Gasteiger partial charge in [0.1, 0.15) is 5.75 Å². The summed E-state index contributed by atoms with van der Waals surface area (Å²) >= 11 is 0. The average Bonchev–Trinajstić information content (AvgIpc) is 2.30. The van der Waals surface area contributed by atoms with E-state index >= 15 is 0 Å². The summed E-state index contributed by atoms with van der Waals surface area (Å²) in [6.07, 6.45) is 5.13. The maximum absolute atomic E-state index is 9.09. The summed E-state index contributed by atoms with van der Waals surface area (Å²) in [5, 5.41) is 9.09. The van der Waals surface area contributed by atoms with Gasteiger partial charge in [-0.25, -0.2) is 0 Å². The van der Waals surface area contributed by atoms with E-state index in [1.165, 1.54) is 0 Å². The van der Waals surface area contributed by atoms with E-state index in [2.05, 4.69) is 9.98 Å². The van der Waals surface area contributed by atoms with Crippen molar-refractivity contribution in [1.29, 1.82) is 0 Å². The molecule has 0 atom stereocenters. The van der Waals surface area contributed by atoms with Gasteiger partial charge in [-0.1, -0.05) is 0 Å². The third kappa shape index (κ3) is 2.64. The van der Waals surface area contributed by atoms with Crippen LogP contribution in [0.4, 0.5) is 5.69 Å². The van der Waals surface area contributed by atoms with Gasteiger partial charge in [0.2, 0.25) is 0 Å². The Hall–Kier alpha value is -2.16. The van der Waals surface area contributed by atoms with Crippen LogP contribution in [0.5, 0.6) is 5.75 Å². The molecule has 0 aliphatic rings. The summed E-state index contributed by atoms with van der Waals surface area (Å²) in [4.78, 5) is 8.19. The number of benzene rings is 1. The molecule has 1 aromatic heterocycles. The number of rotatable bonds is 2. The van der Waals surface area contributed by atoms with Gasteiger partial charge in [-0.2, -0.15) is 0 Å². The number of aromatic nitrogens is 1. The normalized spacial score (nSPS) is 10.7. The van der Waals surface area contributed by atoms with Crippen LogP contribution in [-0.4, -0.2) is 16.3 Å². The van der Waals surface area contributed by atoms with Crippen molar-refractivity contribution in [3.8, 4) is 5.75 Å². The molecule has 1 N–H and O–H groups in total. The summed E-state index contributed by atoms with van der Waals surface area (Å²) in [6.45, 7) is 0. The van der Waals surface area contributed by atoms with Crippen LogP contribution in [0, 0.1) is 0 Å². The van der Waals surface area contributed by atoms with Gasteiger partial charge >= 0.3 is 0 Å². The zero-order valence-electron chi connectivity index (χ0n) is 8.04. The molecule has 1 heterocycles. The molecule has 74 valence electrons. The number of aliphatic imine (C=N–C) groups is 1. The van der Waals surface area contributed by atoms with Crippen LogP contribution in [0.15, 0.2) is 53.8 Å². The van der Waals surface area contributed by atoms with Crippen molar-refractivity contribution in [1.82, 2.24) is 4.98 Å². The molecule has 0 spiro atoms. The second kappa shape index (κ2) is 4.37. The molecule has 0 unspecified atom stereocenters. The minimum Gasteiger partial charge on any atom is -0.508 e. The Morgan fingerprint density at radius 2 is 1.93 bits per heavy atom. The molecular weight excluding hydrogens is 188 g/mol. The van der Waals surface area contributed by atoms with Gasteiger partial charge in [0.05, 0.1) is 11.9 Å². The number of hydrogen-bond donors (Lipinski definition) is 1. The van der Waals surface area contributed by atoms with Crippen molar-refractivity contribution in [3.05, 3.63) is 54.4 Å². The summed E-state index contributed by atoms with van der Waals surface area (Å²) in [5.74, 6) is 0.258. The fourth-order valence-electron chi connectivity index (χ4n) is 1.14. The lowest BCUT2D eigenvalue weighted by Gasteiger charge is -1.94. The molecule has 3 heteroatoms. The molecule has 0 saturated carbocycles. The predicted molar refractivity (Wildman–Crippen MR) is 59.6 cm³/mol. The van der Waals surface area contributed by atoms with Gasteiger partial charge in [-0.05, 0) is 42.0 Å². The summed E-state index contributed by atoms with van der Waals surface area (Å²) in [6, 6.07) is 10.6. The number of pyridine rings is 1. The van der Waals surface area contributed by atoms with Crippen molar-refractivity contribution in [3.63, 3.8) is 0 Å². The maximum Gasteiger partial charge on any atom is 0.115 e. The van der Waals surface area contributed by atoms with Crippen LogP contribution in [0.1, 0.15) is 5.56 Å². The molecule has 1 aromatic carbocycles. The quantitative estimate of drug-likeness (QED) is 0.753. The summed E-state index contributed by atoms with van der Waals surface area (Å²) in [7, 11) is 0. The SMILES string of the molecule is Oc1ccc(C=Nc2cccnc2)cc1. The number of nitrogens with zero attached hydrogens (tertiary/aromatic N) is 2. The first-order chi connectivity index (χ1) is 7.34. The molecule has 0 bridgehead atoms. The number of hydrogen-bond acceptors (Lipinski definition) is 3. The van der Waals surface area contributed by atoms with E-state index in [0.29, 0.717) is 0 Å². The standard InChI is InChI=1S/C12H10N2O/c15-12-5-3-10(4-6-12)8-14-11-2-1-7-13-9-11/h1-9,15H. The highest BCUT2D eigenvalue weighted by Crippen LogP contribution is 2.10. The molecule has 0 amide bonds. The highest BCUT2D eigenvalue weighted by atomic mass is 16.3. The van der Waals surface area contributed by atoms with Gasteiger partial charge < -0.3 is 5.11 Å². The predicted octanol–water partition coefficient (Wildman–Crippen LogP) is 2.54. The van der Waals surface area contributed by atoms with Gasteiger partial charge in [0.25, 0.3) is 0 Å². The molecular formula is C12H10N2O. The fourth-order valence-corrected chi connectivity index (χ4v) is 1.14. The molecule has 0 fully saturated rings. The van der Waals surface area contributed by atoms with E-state index in [1.54, 1.807) is 42.9 Å². The Labute approximate surface area is 87.8 Å². The lowest BCUT2D eigenvalue weighted by molar-refractivity contribution is 0.475. The van der Waals surface area contributed by atoms with Gasteiger partial charge in [0.15, 0.2) is 0 Å². The molecule has 3 nitrogen and oxygen atoms in total. The van der Waals surface area contributed by atoms with E-state index < -0.39 is 0 Å². The number of phenolic OH excluding ortho intramolecular Hbond substituents is 1. The Balaban J connectivity index is 2.15. The zero-order chi connectivity index (χ0) is 10.5. The molecule has 2 rings (SSSR count). The molecule has 0 aliphatic carbocycles. The topological polar surface area (TPSA) is 45.5 Å². The zero-order valence-corrected chi connectivity index (χ0v) is 8.04. The highest BCUT2D eigenvalue weighted by molar-refractivity contribution is 5.81. The first-order valence-corrected chi connectivity index (χ1v) is 4.58. The molecule has 0 saturated heterocycles. The average molecular weight is 198 g/mol. The van der Waals surface area contributed by atoms with Crippen molar-refractivity contribution in [2.75, 3.05) is 0 Å². The minimum absolute atomic E-state index is 0.258. The summed E-state index contributed by atoms with van der Waals surface area (Å²) in [5.41, 5.74) is 1.75. The van der Waals surface area contributed by atoms with Crippen LogP contribution in [-0.2, 0) is 0 Å². The van der Waals surface area contributed by atoms with Crippen LogP contribution in [0.25, 0.3) is 0 Å². The van der Waals surface area contributed by atoms with Crippen LogP contribution in [0.2, 0.25) is 0 Å². The van der Waals surface area contributed by atoms with E-state index in [-0.39, 0.29) is 5.75 Å². The van der Waals surface area contributed by atoms with Crippen molar-refractivity contribution >= 4 is 11.9 Å². The third-order valence-electron chi connectivity index (χ3n) is 1.90. The lowest BCUT2D eigenvalue weighted by Crippen LogP contribution is -1.78. The maximum atomic E-state index is 9.09. The van der Waals surface area contributed by atoms with Crippen molar-refractivity contribution in [2.24, 2.45) is 4.99 Å². The number of aromatic hydroxyl groups is 1.